The fourth-order valence-electron chi connectivity index (χ4n) is 2.48. The molecule has 0 aliphatic heterocycles. The Morgan fingerprint density at radius 1 is 1.11 bits per heavy atom. The number of halogens is 2. The lowest BCUT2D eigenvalue weighted by Crippen LogP contribution is -2.23. The molecule has 3 aromatic rings. The Morgan fingerprint density at radius 2 is 1.89 bits per heavy atom. The number of amides is 1. The molecule has 0 saturated carbocycles. The second-order valence-electron chi connectivity index (χ2n) is 5.72. The quantitative estimate of drug-likeness (QED) is 0.508. The molecular formula is C19H15Cl2N3O3. The molecule has 0 aliphatic carbocycles. The Bertz CT molecular complexity index is 1030. The summed E-state index contributed by atoms with van der Waals surface area (Å²) >= 11 is 11.7. The molecule has 0 bridgehead atoms. The van der Waals surface area contributed by atoms with Crippen molar-refractivity contribution in [1.29, 1.82) is 0 Å². The molecule has 0 radical (unpaired) electrons. The molecule has 0 fully saturated rings. The third-order valence-electron chi connectivity index (χ3n) is 3.81. The summed E-state index contributed by atoms with van der Waals surface area (Å²) in [7, 11) is 1.55. The van der Waals surface area contributed by atoms with Crippen LogP contribution in [0.4, 0.5) is 5.69 Å². The maximum atomic E-state index is 12.3. The van der Waals surface area contributed by atoms with Crippen LogP contribution in [0.1, 0.15) is 16.1 Å². The number of nitrogens with zero attached hydrogens (tertiary/aromatic N) is 2. The van der Waals surface area contributed by atoms with Crippen LogP contribution in [-0.2, 0) is 4.79 Å². The SMILES string of the molecule is COc1ccc(NC(=O)C(=O)c2ccc(Cl)c(Cl)c2)cc1-n1cnc(C)c1. The van der Waals surface area contributed by atoms with Crippen molar-refractivity contribution in [2.24, 2.45) is 0 Å². The van der Waals surface area contributed by atoms with E-state index in [1.165, 1.54) is 18.2 Å². The van der Waals surface area contributed by atoms with Gasteiger partial charge in [-0.3, -0.25) is 9.59 Å². The van der Waals surface area contributed by atoms with Gasteiger partial charge in [0.25, 0.3) is 11.7 Å². The monoisotopic (exact) mass is 403 g/mol. The summed E-state index contributed by atoms with van der Waals surface area (Å²) in [6.07, 6.45) is 3.46. The molecule has 8 heteroatoms. The maximum absolute atomic E-state index is 12.3. The highest BCUT2D eigenvalue weighted by atomic mass is 35.5. The largest absolute Gasteiger partial charge is 0.495 e. The normalized spacial score (nSPS) is 10.5. The van der Waals surface area contributed by atoms with Crippen LogP contribution in [0.25, 0.3) is 5.69 Å². The molecular weight excluding hydrogens is 389 g/mol. The van der Waals surface area contributed by atoms with E-state index in [-0.39, 0.29) is 10.6 Å². The lowest BCUT2D eigenvalue weighted by Gasteiger charge is -2.12. The molecule has 0 unspecified atom stereocenters. The standard InChI is InChI=1S/C19H15Cl2N3O3/c1-11-9-24(10-22-11)16-8-13(4-6-17(16)27-2)23-19(26)18(25)12-3-5-14(20)15(21)7-12/h3-10H,1-2H3,(H,23,26). The summed E-state index contributed by atoms with van der Waals surface area (Å²) < 4.78 is 7.12. The summed E-state index contributed by atoms with van der Waals surface area (Å²) in [6, 6.07) is 9.32. The summed E-state index contributed by atoms with van der Waals surface area (Å²) in [5, 5.41) is 3.10. The number of hydrogen-bond acceptors (Lipinski definition) is 4. The molecule has 138 valence electrons. The Morgan fingerprint density at radius 3 is 2.52 bits per heavy atom. The number of aryl methyl sites for hydroxylation is 1. The molecule has 2 aromatic carbocycles. The molecule has 1 heterocycles. The van der Waals surface area contributed by atoms with E-state index in [2.05, 4.69) is 10.3 Å². The van der Waals surface area contributed by atoms with Crippen LogP contribution in [0.2, 0.25) is 10.0 Å². The number of hydrogen-bond donors (Lipinski definition) is 1. The van der Waals surface area contributed by atoms with Gasteiger partial charge in [0.2, 0.25) is 0 Å². The Balaban J connectivity index is 1.85. The zero-order valence-electron chi connectivity index (χ0n) is 14.5. The van der Waals surface area contributed by atoms with Crippen LogP contribution < -0.4 is 10.1 Å². The minimum atomic E-state index is -0.786. The van der Waals surface area contributed by atoms with Crippen LogP contribution in [0.15, 0.2) is 48.9 Å². The minimum absolute atomic E-state index is 0.154. The average Bonchev–Trinajstić information content (AvgIpc) is 3.09. The average molecular weight is 404 g/mol. The van der Waals surface area contributed by atoms with Gasteiger partial charge in [0.1, 0.15) is 5.75 Å². The highest BCUT2D eigenvalue weighted by Crippen LogP contribution is 2.27. The Hall–Kier alpha value is -2.83. The van der Waals surface area contributed by atoms with Crippen molar-refractivity contribution >= 4 is 40.6 Å². The van der Waals surface area contributed by atoms with Gasteiger partial charge in [0.15, 0.2) is 0 Å². The smallest absolute Gasteiger partial charge is 0.296 e. The van der Waals surface area contributed by atoms with Gasteiger partial charge in [0.05, 0.1) is 34.9 Å². The Labute approximate surface area is 165 Å². The topological polar surface area (TPSA) is 73.2 Å². The van der Waals surface area contributed by atoms with E-state index < -0.39 is 11.7 Å². The third kappa shape index (κ3) is 4.13. The first-order chi connectivity index (χ1) is 12.9. The number of anilines is 1. The lowest BCUT2D eigenvalue weighted by molar-refractivity contribution is -0.112. The Kier molecular flexibility index (Phi) is 5.48. The number of ketones is 1. The van der Waals surface area contributed by atoms with Gasteiger partial charge in [-0.05, 0) is 43.3 Å². The molecule has 0 atom stereocenters. The van der Waals surface area contributed by atoms with Crippen molar-refractivity contribution < 1.29 is 14.3 Å². The van der Waals surface area contributed by atoms with E-state index >= 15 is 0 Å². The number of nitrogens with one attached hydrogen (secondary N) is 1. The molecule has 0 aliphatic rings. The van der Waals surface area contributed by atoms with Gasteiger partial charge in [-0.25, -0.2) is 4.98 Å². The second-order valence-corrected chi connectivity index (χ2v) is 6.54. The number of methoxy groups -OCH3 is 1. The van der Waals surface area contributed by atoms with Gasteiger partial charge in [-0.15, -0.1) is 0 Å². The number of rotatable bonds is 5. The van der Waals surface area contributed by atoms with E-state index in [0.29, 0.717) is 22.1 Å². The third-order valence-corrected chi connectivity index (χ3v) is 4.55. The van der Waals surface area contributed by atoms with Crippen molar-refractivity contribution in [3.63, 3.8) is 0 Å². The molecule has 27 heavy (non-hydrogen) atoms. The van der Waals surface area contributed by atoms with Crippen molar-refractivity contribution in [1.82, 2.24) is 9.55 Å². The summed E-state index contributed by atoms with van der Waals surface area (Å²) in [6.45, 7) is 1.87. The number of carbonyl (C=O) groups is 2. The van der Waals surface area contributed by atoms with E-state index in [9.17, 15) is 9.59 Å². The maximum Gasteiger partial charge on any atom is 0.296 e. The fraction of sp³-hybridized carbons (Fsp3) is 0.105. The first-order valence-corrected chi connectivity index (χ1v) is 8.64. The zero-order chi connectivity index (χ0) is 19.6. The fourth-order valence-corrected chi connectivity index (χ4v) is 2.78. The molecule has 1 aromatic heterocycles. The number of Topliss-reactive ketones (excluding diaryl/α,β-unsaturated/α-hetero) is 1. The van der Waals surface area contributed by atoms with Gasteiger partial charge < -0.3 is 14.6 Å². The first kappa shape index (κ1) is 18.9. The highest BCUT2D eigenvalue weighted by molar-refractivity contribution is 6.47. The number of imidazole rings is 1. The molecule has 1 amide bonds. The van der Waals surface area contributed by atoms with Crippen LogP contribution in [0.5, 0.6) is 5.75 Å². The van der Waals surface area contributed by atoms with Crippen molar-refractivity contribution in [3.8, 4) is 11.4 Å². The number of benzene rings is 2. The summed E-state index contributed by atoms with van der Waals surface area (Å²) in [5.41, 5.74) is 2.11. The van der Waals surface area contributed by atoms with E-state index in [4.69, 9.17) is 27.9 Å². The van der Waals surface area contributed by atoms with Crippen molar-refractivity contribution in [2.75, 3.05) is 12.4 Å². The number of aromatic nitrogens is 2. The van der Waals surface area contributed by atoms with Crippen molar-refractivity contribution in [3.05, 3.63) is 70.2 Å². The van der Waals surface area contributed by atoms with Crippen LogP contribution >= 0.6 is 23.2 Å². The molecule has 1 N–H and O–H groups in total. The first-order valence-electron chi connectivity index (χ1n) is 7.89. The predicted molar refractivity (Wildman–Crippen MR) is 104 cm³/mol. The van der Waals surface area contributed by atoms with Gasteiger partial charge in [-0.2, -0.15) is 0 Å². The van der Waals surface area contributed by atoms with Crippen LogP contribution in [0, 0.1) is 6.92 Å². The zero-order valence-corrected chi connectivity index (χ0v) is 16.0. The molecule has 0 spiro atoms. The van der Waals surface area contributed by atoms with Crippen LogP contribution in [0.3, 0.4) is 0 Å². The lowest BCUT2D eigenvalue weighted by atomic mass is 10.1. The van der Waals surface area contributed by atoms with E-state index in [1.54, 1.807) is 36.2 Å². The molecule has 0 saturated heterocycles. The predicted octanol–water partition coefficient (Wildman–Crippen LogP) is 4.32. The van der Waals surface area contributed by atoms with E-state index in [1.807, 2.05) is 13.1 Å². The second kappa shape index (κ2) is 7.82. The highest BCUT2D eigenvalue weighted by Gasteiger charge is 2.18. The number of carbonyl (C=O) groups excluding carboxylic acids is 2. The summed E-state index contributed by atoms with van der Waals surface area (Å²) in [4.78, 5) is 28.9. The van der Waals surface area contributed by atoms with Gasteiger partial charge in [0, 0.05) is 17.4 Å². The van der Waals surface area contributed by atoms with E-state index in [0.717, 1.165) is 5.69 Å². The molecule has 6 nitrogen and oxygen atoms in total. The molecule has 3 rings (SSSR count). The van der Waals surface area contributed by atoms with Gasteiger partial charge in [-0.1, -0.05) is 23.2 Å². The van der Waals surface area contributed by atoms with Gasteiger partial charge >= 0.3 is 0 Å². The number of ether oxygens (including phenoxy) is 1. The van der Waals surface area contributed by atoms with Crippen LogP contribution in [-0.4, -0.2) is 28.4 Å². The summed E-state index contributed by atoms with van der Waals surface area (Å²) in [5.74, 6) is -0.906. The van der Waals surface area contributed by atoms with Crippen molar-refractivity contribution in [2.45, 2.75) is 6.92 Å². The minimum Gasteiger partial charge on any atom is -0.495 e.